The van der Waals surface area contributed by atoms with Gasteiger partial charge in [0.15, 0.2) is 5.69 Å². The molecule has 31 heavy (non-hydrogen) atoms. The van der Waals surface area contributed by atoms with E-state index < -0.39 is 5.97 Å². The Labute approximate surface area is 179 Å². The minimum atomic E-state index is -1.03. The Bertz CT molecular complexity index is 1520. The van der Waals surface area contributed by atoms with Crippen molar-refractivity contribution in [2.24, 2.45) is 0 Å². The molecule has 2 heterocycles. The molecule has 0 unspecified atom stereocenters. The van der Waals surface area contributed by atoms with E-state index >= 15 is 0 Å². The first-order valence-corrected chi connectivity index (χ1v) is 10.6. The summed E-state index contributed by atoms with van der Waals surface area (Å²) in [5.41, 5.74) is 5.13. The average molecular weight is 404 g/mol. The van der Waals surface area contributed by atoms with Gasteiger partial charge in [0.1, 0.15) is 0 Å². The van der Waals surface area contributed by atoms with E-state index in [1.807, 2.05) is 12.1 Å². The Morgan fingerprint density at radius 3 is 2.58 bits per heavy atom. The molecule has 0 fully saturated rings. The molecular weight excluding hydrogens is 384 g/mol. The number of carbonyl (C=O) groups is 1. The Morgan fingerprint density at radius 1 is 0.839 bits per heavy atom. The van der Waals surface area contributed by atoms with Crippen LogP contribution in [-0.4, -0.2) is 21.0 Å². The van der Waals surface area contributed by atoms with Crippen molar-refractivity contribution >= 4 is 38.4 Å². The third-order valence-electron chi connectivity index (χ3n) is 6.48. The van der Waals surface area contributed by atoms with Crippen LogP contribution in [0, 0.1) is 0 Å². The molecule has 2 aromatic heterocycles. The fourth-order valence-electron chi connectivity index (χ4n) is 4.97. The van der Waals surface area contributed by atoms with Crippen LogP contribution in [0.4, 0.5) is 0 Å². The molecule has 0 bridgehead atoms. The molecule has 6 rings (SSSR count). The molecule has 0 radical (unpaired) electrons. The van der Waals surface area contributed by atoms with E-state index in [1.54, 1.807) is 18.5 Å². The predicted molar refractivity (Wildman–Crippen MR) is 124 cm³/mol. The highest BCUT2D eigenvalue weighted by Gasteiger charge is 2.17. The van der Waals surface area contributed by atoms with Crippen LogP contribution in [0.2, 0.25) is 0 Å². The summed E-state index contributed by atoms with van der Waals surface area (Å²) in [6.45, 7) is 0. The van der Waals surface area contributed by atoms with E-state index in [0.29, 0.717) is 11.1 Å². The van der Waals surface area contributed by atoms with Gasteiger partial charge < -0.3 is 5.11 Å². The second-order valence-electron chi connectivity index (χ2n) is 8.27. The number of pyridine rings is 2. The molecule has 1 N–H and O–H groups in total. The lowest BCUT2D eigenvalue weighted by Gasteiger charge is -2.19. The quantitative estimate of drug-likeness (QED) is 0.357. The largest absolute Gasteiger partial charge is 0.476 e. The Morgan fingerprint density at radius 2 is 1.68 bits per heavy atom. The lowest BCUT2D eigenvalue weighted by molar-refractivity contribution is 0.0692. The number of aromatic carboxylic acids is 1. The summed E-state index contributed by atoms with van der Waals surface area (Å²) in [6.07, 6.45) is 8.19. The summed E-state index contributed by atoms with van der Waals surface area (Å²) in [5, 5.41) is 15.5. The highest BCUT2D eigenvalue weighted by molar-refractivity contribution is 6.10. The highest BCUT2D eigenvalue weighted by Crippen LogP contribution is 2.35. The minimum absolute atomic E-state index is 0.0629. The molecule has 4 nitrogen and oxygen atoms in total. The van der Waals surface area contributed by atoms with Gasteiger partial charge in [-0.15, -0.1) is 0 Å². The van der Waals surface area contributed by atoms with Crippen molar-refractivity contribution in [2.45, 2.75) is 25.7 Å². The molecule has 0 amide bonds. The fourth-order valence-corrected chi connectivity index (χ4v) is 4.97. The van der Waals surface area contributed by atoms with Crippen molar-refractivity contribution in [1.29, 1.82) is 0 Å². The van der Waals surface area contributed by atoms with E-state index in [-0.39, 0.29) is 5.69 Å². The molecule has 4 heteroatoms. The SMILES string of the molecule is O=C(O)c1nc2ccncc2cc1-c1ccc2c(ccc3c4c(ccc32)CCCC4)c1. The lowest BCUT2D eigenvalue weighted by atomic mass is 9.86. The van der Waals surface area contributed by atoms with Crippen LogP contribution in [0.25, 0.3) is 43.6 Å². The number of rotatable bonds is 2. The Kier molecular flexibility index (Phi) is 4.00. The fraction of sp³-hybridized carbons (Fsp3) is 0.148. The molecule has 3 aromatic carbocycles. The van der Waals surface area contributed by atoms with Gasteiger partial charge >= 0.3 is 5.97 Å². The maximum absolute atomic E-state index is 11.9. The summed E-state index contributed by atoms with van der Waals surface area (Å²) in [4.78, 5) is 20.5. The van der Waals surface area contributed by atoms with Gasteiger partial charge in [-0.25, -0.2) is 9.78 Å². The van der Waals surface area contributed by atoms with Gasteiger partial charge in [-0.3, -0.25) is 4.98 Å². The highest BCUT2D eigenvalue weighted by atomic mass is 16.4. The van der Waals surface area contributed by atoms with Gasteiger partial charge in [-0.05, 0) is 82.1 Å². The van der Waals surface area contributed by atoms with Crippen molar-refractivity contribution in [2.75, 3.05) is 0 Å². The minimum Gasteiger partial charge on any atom is -0.476 e. The van der Waals surface area contributed by atoms with Crippen molar-refractivity contribution in [1.82, 2.24) is 9.97 Å². The summed E-state index contributed by atoms with van der Waals surface area (Å²) >= 11 is 0. The van der Waals surface area contributed by atoms with E-state index in [0.717, 1.165) is 22.8 Å². The summed E-state index contributed by atoms with van der Waals surface area (Å²) < 4.78 is 0. The molecule has 0 atom stereocenters. The van der Waals surface area contributed by atoms with Crippen LogP contribution >= 0.6 is 0 Å². The first-order chi connectivity index (χ1) is 15.2. The number of carboxylic acid groups (broad SMARTS) is 1. The summed E-state index contributed by atoms with van der Waals surface area (Å²) in [7, 11) is 0. The lowest BCUT2D eigenvalue weighted by Crippen LogP contribution is -2.04. The van der Waals surface area contributed by atoms with Crippen LogP contribution < -0.4 is 0 Å². The van der Waals surface area contributed by atoms with Crippen molar-refractivity contribution < 1.29 is 9.90 Å². The van der Waals surface area contributed by atoms with E-state index in [4.69, 9.17) is 0 Å². The molecule has 0 saturated heterocycles. The van der Waals surface area contributed by atoms with Gasteiger partial charge in [0, 0.05) is 23.3 Å². The van der Waals surface area contributed by atoms with Crippen LogP contribution in [0.1, 0.15) is 34.5 Å². The number of nitrogens with zero attached hydrogens (tertiary/aromatic N) is 2. The smallest absolute Gasteiger partial charge is 0.355 e. The molecule has 5 aromatic rings. The Balaban J connectivity index is 1.57. The summed E-state index contributed by atoms with van der Waals surface area (Å²) in [6, 6.07) is 18.7. The van der Waals surface area contributed by atoms with Crippen LogP contribution in [0.5, 0.6) is 0 Å². The first-order valence-electron chi connectivity index (χ1n) is 10.6. The van der Waals surface area contributed by atoms with Crippen LogP contribution in [-0.2, 0) is 12.8 Å². The van der Waals surface area contributed by atoms with Crippen molar-refractivity contribution in [3.05, 3.63) is 83.8 Å². The van der Waals surface area contributed by atoms with E-state index in [9.17, 15) is 9.90 Å². The maximum Gasteiger partial charge on any atom is 0.355 e. The molecule has 0 aliphatic heterocycles. The average Bonchev–Trinajstić information content (AvgIpc) is 2.82. The number of aromatic nitrogens is 2. The van der Waals surface area contributed by atoms with Crippen molar-refractivity contribution in [3.63, 3.8) is 0 Å². The number of hydrogen-bond acceptors (Lipinski definition) is 3. The predicted octanol–water partition coefficient (Wildman–Crippen LogP) is 6.18. The standard InChI is InChI=1S/C27H20N2O2/c30-27(31)26-24(14-19-15-28-12-11-25(19)29-26)18-6-8-21-17(13-18)7-10-22-20-4-2-1-3-16(20)5-9-23(21)22/h5-15H,1-4H2,(H,30,31). The molecule has 1 aliphatic rings. The topological polar surface area (TPSA) is 63.1 Å². The van der Waals surface area contributed by atoms with Gasteiger partial charge in [0.25, 0.3) is 0 Å². The Hall–Kier alpha value is -3.79. The monoisotopic (exact) mass is 404 g/mol. The first kappa shape index (κ1) is 18.0. The molecular formula is C27H20N2O2. The molecule has 150 valence electrons. The van der Waals surface area contributed by atoms with Crippen LogP contribution in [0.15, 0.2) is 67.0 Å². The third kappa shape index (κ3) is 2.87. The zero-order valence-electron chi connectivity index (χ0n) is 16.9. The molecule has 0 saturated carbocycles. The van der Waals surface area contributed by atoms with Gasteiger partial charge in [0.2, 0.25) is 0 Å². The molecule has 1 aliphatic carbocycles. The zero-order valence-corrected chi connectivity index (χ0v) is 16.9. The molecule has 0 spiro atoms. The number of carboxylic acids is 1. The van der Waals surface area contributed by atoms with Gasteiger partial charge in [-0.1, -0.05) is 36.4 Å². The number of hydrogen-bond donors (Lipinski definition) is 1. The van der Waals surface area contributed by atoms with Gasteiger partial charge in [-0.2, -0.15) is 0 Å². The van der Waals surface area contributed by atoms with Crippen molar-refractivity contribution in [3.8, 4) is 11.1 Å². The van der Waals surface area contributed by atoms with E-state index in [1.165, 1.54) is 46.5 Å². The van der Waals surface area contributed by atoms with E-state index in [2.05, 4.69) is 46.4 Å². The van der Waals surface area contributed by atoms with Crippen LogP contribution in [0.3, 0.4) is 0 Å². The zero-order chi connectivity index (χ0) is 20.9. The van der Waals surface area contributed by atoms with Gasteiger partial charge in [0.05, 0.1) is 5.52 Å². The maximum atomic E-state index is 11.9. The number of benzene rings is 3. The second-order valence-corrected chi connectivity index (χ2v) is 8.27. The number of aryl methyl sites for hydroxylation is 2. The second kappa shape index (κ2) is 6.88. The normalized spacial score (nSPS) is 13.5. The number of fused-ring (bicyclic) bond motifs is 6. The third-order valence-corrected chi connectivity index (χ3v) is 6.48. The summed E-state index contributed by atoms with van der Waals surface area (Å²) in [5.74, 6) is -1.03.